The Hall–Kier alpha value is -2.29. The zero-order valence-electron chi connectivity index (χ0n) is 14.8. The maximum Gasteiger partial charge on any atom is 0.241 e. The second-order valence-electron chi connectivity index (χ2n) is 6.35. The largest absolute Gasteiger partial charge is 0.370 e. The number of hydrogen-bond donors (Lipinski definition) is 1. The van der Waals surface area contributed by atoms with Crippen molar-refractivity contribution >= 4 is 15.9 Å². The number of amides is 1. The molecule has 0 aliphatic carbocycles. The van der Waals surface area contributed by atoms with E-state index in [1.807, 2.05) is 30.3 Å². The van der Waals surface area contributed by atoms with Gasteiger partial charge in [-0.3, -0.25) is 4.79 Å². The fraction of sp³-hybridized carbons (Fsp3) is 0.316. The van der Waals surface area contributed by atoms with E-state index >= 15 is 0 Å². The van der Waals surface area contributed by atoms with Crippen LogP contribution in [0.2, 0.25) is 0 Å². The summed E-state index contributed by atoms with van der Waals surface area (Å²) < 4.78 is 45.9. The summed E-state index contributed by atoms with van der Waals surface area (Å²) >= 11 is 0. The van der Waals surface area contributed by atoms with Gasteiger partial charge in [-0.25, -0.2) is 12.8 Å². The van der Waals surface area contributed by atoms with E-state index in [1.54, 1.807) is 4.90 Å². The van der Waals surface area contributed by atoms with Crippen molar-refractivity contribution in [2.45, 2.75) is 24.0 Å². The second-order valence-corrected chi connectivity index (χ2v) is 8.07. The lowest BCUT2D eigenvalue weighted by molar-refractivity contribution is -0.140. The Labute approximate surface area is 158 Å². The van der Waals surface area contributed by atoms with Crippen LogP contribution in [-0.2, 0) is 19.6 Å². The molecule has 0 radical (unpaired) electrons. The van der Waals surface area contributed by atoms with Crippen LogP contribution >= 0.6 is 0 Å². The van der Waals surface area contributed by atoms with Gasteiger partial charge >= 0.3 is 0 Å². The number of benzene rings is 2. The van der Waals surface area contributed by atoms with Crippen molar-refractivity contribution in [3.8, 4) is 0 Å². The molecule has 8 heteroatoms. The molecule has 1 aliphatic rings. The minimum atomic E-state index is -3.92. The summed E-state index contributed by atoms with van der Waals surface area (Å²) in [6.07, 6.45) is -0.246. The number of hydrogen-bond acceptors (Lipinski definition) is 4. The van der Waals surface area contributed by atoms with Crippen LogP contribution in [0.1, 0.15) is 18.6 Å². The van der Waals surface area contributed by atoms with Gasteiger partial charge in [-0.15, -0.1) is 0 Å². The molecule has 1 aliphatic heterocycles. The van der Waals surface area contributed by atoms with E-state index in [0.717, 1.165) is 29.8 Å². The number of nitrogens with zero attached hydrogens (tertiary/aromatic N) is 1. The Morgan fingerprint density at radius 1 is 1.19 bits per heavy atom. The molecule has 0 bridgehead atoms. The quantitative estimate of drug-likeness (QED) is 0.846. The van der Waals surface area contributed by atoms with E-state index in [-0.39, 0.29) is 16.9 Å². The third-order valence-corrected chi connectivity index (χ3v) is 5.93. The highest BCUT2D eigenvalue weighted by molar-refractivity contribution is 7.89. The molecule has 1 unspecified atom stereocenters. The van der Waals surface area contributed by atoms with Gasteiger partial charge in [-0.1, -0.05) is 30.3 Å². The third kappa shape index (κ3) is 4.71. The van der Waals surface area contributed by atoms with Crippen LogP contribution in [0.25, 0.3) is 0 Å². The normalized spacial score (nSPS) is 18.9. The van der Waals surface area contributed by atoms with Crippen molar-refractivity contribution < 1.29 is 22.3 Å². The number of sulfonamides is 1. The predicted octanol–water partition coefficient (Wildman–Crippen LogP) is 2.09. The zero-order chi connectivity index (χ0) is 19.4. The number of carbonyl (C=O) groups is 1. The van der Waals surface area contributed by atoms with Gasteiger partial charge < -0.3 is 9.64 Å². The molecule has 6 nitrogen and oxygen atoms in total. The van der Waals surface area contributed by atoms with Crippen LogP contribution in [0.3, 0.4) is 0 Å². The summed E-state index contributed by atoms with van der Waals surface area (Å²) in [5.74, 6) is -0.858. The predicted molar refractivity (Wildman–Crippen MR) is 97.9 cm³/mol. The standard InChI is InChI=1S/C19H21FN2O4S/c1-14(21-27(24,25)17-9-7-16(20)8-10-17)19(23)22-11-12-26-18(13-22)15-5-3-2-4-6-15/h2-10,14,18,21H,11-13H2,1H3/t14-,18?/m1/s1. The van der Waals surface area contributed by atoms with Crippen LogP contribution in [-0.4, -0.2) is 45.0 Å². The molecule has 2 aromatic rings. The molecule has 1 N–H and O–H groups in total. The van der Waals surface area contributed by atoms with Crippen molar-refractivity contribution in [2.75, 3.05) is 19.7 Å². The van der Waals surface area contributed by atoms with Crippen molar-refractivity contribution in [1.29, 1.82) is 0 Å². The maximum atomic E-state index is 13.0. The summed E-state index contributed by atoms with van der Waals surface area (Å²) in [7, 11) is -3.92. The Kier molecular flexibility index (Phi) is 5.88. The summed E-state index contributed by atoms with van der Waals surface area (Å²) in [5.41, 5.74) is 0.967. The number of nitrogens with one attached hydrogen (secondary N) is 1. The first kappa shape index (κ1) is 19.5. The first-order valence-corrected chi connectivity index (χ1v) is 10.1. The number of halogens is 1. The Balaban J connectivity index is 1.67. The van der Waals surface area contributed by atoms with Crippen molar-refractivity contribution in [3.63, 3.8) is 0 Å². The number of ether oxygens (including phenoxy) is 1. The zero-order valence-corrected chi connectivity index (χ0v) is 15.7. The molecule has 3 rings (SSSR count). The monoisotopic (exact) mass is 392 g/mol. The molecular formula is C19H21FN2O4S. The molecule has 1 heterocycles. The molecule has 0 aromatic heterocycles. The van der Waals surface area contributed by atoms with E-state index in [1.165, 1.54) is 6.92 Å². The van der Waals surface area contributed by atoms with Crippen molar-refractivity contribution in [3.05, 3.63) is 66.0 Å². The van der Waals surface area contributed by atoms with Gasteiger partial charge in [0.15, 0.2) is 0 Å². The van der Waals surface area contributed by atoms with Gasteiger partial charge in [0.2, 0.25) is 15.9 Å². The Bertz CT molecular complexity index is 888. The molecule has 0 spiro atoms. The lowest BCUT2D eigenvalue weighted by atomic mass is 10.1. The van der Waals surface area contributed by atoms with Crippen LogP contribution in [0, 0.1) is 5.82 Å². The molecule has 1 saturated heterocycles. The SMILES string of the molecule is C[C@@H](NS(=O)(=O)c1ccc(F)cc1)C(=O)N1CCOC(c2ccccc2)C1. The third-order valence-electron chi connectivity index (χ3n) is 4.38. The lowest BCUT2D eigenvalue weighted by Crippen LogP contribution is -2.51. The summed E-state index contributed by atoms with van der Waals surface area (Å²) in [6.45, 7) is 2.62. The molecule has 27 heavy (non-hydrogen) atoms. The van der Waals surface area contributed by atoms with Gasteiger partial charge in [-0.05, 0) is 36.8 Å². The molecule has 2 aromatic carbocycles. The highest BCUT2D eigenvalue weighted by Gasteiger charge is 2.30. The fourth-order valence-corrected chi connectivity index (χ4v) is 4.15. The molecule has 1 fully saturated rings. The van der Waals surface area contributed by atoms with Crippen LogP contribution in [0.15, 0.2) is 59.5 Å². The highest BCUT2D eigenvalue weighted by atomic mass is 32.2. The van der Waals surface area contributed by atoms with Crippen LogP contribution < -0.4 is 4.72 Å². The van der Waals surface area contributed by atoms with Gasteiger partial charge in [0.05, 0.1) is 24.1 Å². The topological polar surface area (TPSA) is 75.7 Å². The molecule has 1 amide bonds. The van der Waals surface area contributed by atoms with Gasteiger partial charge in [0.1, 0.15) is 11.9 Å². The van der Waals surface area contributed by atoms with E-state index < -0.39 is 21.9 Å². The smallest absolute Gasteiger partial charge is 0.241 e. The average molecular weight is 392 g/mol. The van der Waals surface area contributed by atoms with E-state index in [4.69, 9.17) is 4.74 Å². The minimum absolute atomic E-state index is 0.0901. The number of rotatable bonds is 5. The Morgan fingerprint density at radius 3 is 2.52 bits per heavy atom. The molecule has 0 saturated carbocycles. The van der Waals surface area contributed by atoms with Crippen molar-refractivity contribution in [2.24, 2.45) is 0 Å². The molecule has 144 valence electrons. The van der Waals surface area contributed by atoms with Crippen molar-refractivity contribution in [1.82, 2.24) is 9.62 Å². The van der Waals surface area contributed by atoms with Crippen LogP contribution in [0.4, 0.5) is 4.39 Å². The minimum Gasteiger partial charge on any atom is -0.370 e. The van der Waals surface area contributed by atoms with E-state index in [2.05, 4.69) is 4.72 Å². The van der Waals surface area contributed by atoms with Crippen LogP contribution in [0.5, 0.6) is 0 Å². The molecule has 2 atom stereocenters. The van der Waals surface area contributed by atoms with E-state index in [0.29, 0.717) is 19.7 Å². The first-order valence-electron chi connectivity index (χ1n) is 8.60. The number of carbonyl (C=O) groups excluding carboxylic acids is 1. The lowest BCUT2D eigenvalue weighted by Gasteiger charge is -2.34. The highest BCUT2D eigenvalue weighted by Crippen LogP contribution is 2.22. The summed E-state index contributed by atoms with van der Waals surface area (Å²) in [6, 6.07) is 13.1. The number of morpholine rings is 1. The van der Waals surface area contributed by atoms with Gasteiger partial charge in [-0.2, -0.15) is 4.72 Å². The summed E-state index contributed by atoms with van der Waals surface area (Å²) in [4.78, 5) is 14.2. The first-order chi connectivity index (χ1) is 12.9. The second kappa shape index (κ2) is 8.16. The maximum absolute atomic E-state index is 13.0. The Morgan fingerprint density at radius 2 is 1.85 bits per heavy atom. The molecular weight excluding hydrogens is 371 g/mol. The van der Waals surface area contributed by atoms with Gasteiger partial charge in [0.25, 0.3) is 0 Å². The van der Waals surface area contributed by atoms with E-state index in [9.17, 15) is 17.6 Å². The fourth-order valence-electron chi connectivity index (χ4n) is 2.96. The average Bonchev–Trinajstić information content (AvgIpc) is 2.68. The summed E-state index contributed by atoms with van der Waals surface area (Å²) in [5, 5.41) is 0. The van der Waals surface area contributed by atoms with Gasteiger partial charge in [0, 0.05) is 6.54 Å².